The van der Waals surface area contributed by atoms with E-state index in [0.29, 0.717) is 10.9 Å². The highest BCUT2D eigenvalue weighted by Gasteiger charge is 2.34. The summed E-state index contributed by atoms with van der Waals surface area (Å²) in [5.41, 5.74) is -3.15. The van der Waals surface area contributed by atoms with Crippen molar-refractivity contribution < 1.29 is 60.4 Å². The number of carboxylic acids is 1. The summed E-state index contributed by atoms with van der Waals surface area (Å²) in [4.78, 5) is 38.1. The molecule has 4 rings (SSSR count). The van der Waals surface area contributed by atoms with Gasteiger partial charge in [0.05, 0.1) is 34.6 Å². The smallest absolute Gasteiger partial charge is 0.416 e. The number of hydrogen-bond donors (Lipinski definition) is 3. The molecule has 1 aromatic heterocycles. The third-order valence-electron chi connectivity index (χ3n) is 7.82. The summed E-state index contributed by atoms with van der Waals surface area (Å²) in [6, 6.07) is 6.22. The number of fused-ring (bicyclic) bond motifs is 1. The standard InChI is InChI=1S/C36H30F6O8S/c1-19(43)23-12-13-27(25(31(23)45)14-15-35(37,38)39)49-16-5-3-2-4-9-26(30(44)20-7-6-8-21(17-20)36(40,41)42)29-32(46)24-11-10-22(51)18-28(24)50-33(29)34(47)48/h2-4,6-9,11-13,17-18,26,30,44-45H,5,10,14-16H2,1H3,(H,47,48)/b3-2-,9-4+/t26-,30-/m0/s1. The lowest BCUT2D eigenvalue weighted by atomic mass is 9.86. The minimum atomic E-state index is -4.76. The Hall–Kier alpha value is -5.02. The summed E-state index contributed by atoms with van der Waals surface area (Å²) in [5.74, 6) is -5.27. The zero-order valence-electron chi connectivity index (χ0n) is 26.7. The maximum atomic E-state index is 13.7. The van der Waals surface area contributed by atoms with Crippen LogP contribution >= 0.6 is 12.2 Å². The summed E-state index contributed by atoms with van der Waals surface area (Å²) in [5, 5.41) is 31.8. The molecule has 0 aliphatic heterocycles. The molecule has 0 saturated heterocycles. The molecule has 15 heteroatoms. The number of Topliss-reactive ketones (excluding diaryl/α,β-unsaturated/α-hetero) is 1. The average molecular weight is 737 g/mol. The lowest BCUT2D eigenvalue weighted by molar-refractivity contribution is -0.137. The number of carbonyl (C=O) groups excluding carboxylic acids is 1. The SMILES string of the molecule is CC(=O)c1ccc(OCC/C=C\C=C\[C@@H](c2c(C(=O)O)oc3c(c2=O)=CCC(=S)C=3)[C@@H](O)c2cccc(C(F)(F)F)c2)c(CCC(F)(F)F)c1O. The molecule has 2 atom stereocenters. The minimum absolute atomic E-state index is 0.0251. The predicted molar refractivity (Wildman–Crippen MR) is 177 cm³/mol. The number of alkyl halides is 6. The Balaban J connectivity index is 1.64. The van der Waals surface area contributed by atoms with Crippen LogP contribution in [0.2, 0.25) is 0 Å². The van der Waals surface area contributed by atoms with Crippen LogP contribution in [-0.2, 0) is 12.6 Å². The summed E-state index contributed by atoms with van der Waals surface area (Å²) in [6.45, 7) is 1.04. The number of aliphatic hydroxyl groups excluding tert-OH is 1. The number of carbonyl (C=O) groups is 2. The van der Waals surface area contributed by atoms with Gasteiger partial charge < -0.3 is 24.5 Å². The number of phenols is 1. The highest BCUT2D eigenvalue weighted by Crippen LogP contribution is 2.37. The summed E-state index contributed by atoms with van der Waals surface area (Å²) in [6.07, 6.45) is -4.55. The van der Waals surface area contributed by atoms with Gasteiger partial charge in [-0.1, -0.05) is 54.7 Å². The fourth-order valence-corrected chi connectivity index (χ4v) is 5.55. The monoisotopic (exact) mass is 736 g/mol. The molecule has 2 aromatic carbocycles. The number of phenolic OH excluding ortho intramolecular Hbond substituents is 1. The van der Waals surface area contributed by atoms with Crippen LogP contribution in [-0.4, -0.2) is 44.7 Å². The van der Waals surface area contributed by atoms with Crippen molar-refractivity contribution in [2.24, 2.45) is 0 Å². The Morgan fingerprint density at radius 3 is 2.47 bits per heavy atom. The molecule has 8 nitrogen and oxygen atoms in total. The molecular weight excluding hydrogens is 706 g/mol. The summed E-state index contributed by atoms with van der Waals surface area (Å²) < 4.78 is 90.4. The number of aromatic carboxylic acids is 1. The van der Waals surface area contributed by atoms with Crippen molar-refractivity contribution in [2.75, 3.05) is 6.61 Å². The maximum Gasteiger partial charge on any atom is 0.416 e. The number of hydrogen-bond acceptors (Lipinski definition) is 8. The van der Waals surface area contributed by atoms with Gasteiger partial charge >= 0.3 is 18.3 Å². The quantitative estimate of drug-likeness (QED) is 0.0592. The normalized spacial score (nSPS) is 14.5. The first-order valence-electron chi connectivity index (χ1n) is 15.3. The lowest BCUT2D eigenvalue weighted by Gasteiger charge is -2.22. The van der Waals surface area contributed by atoms with Gasteiger partial charge in [0, 0.05) is 29.2 Å². The molecule has 1 aliphatic carbocycles. The number of ether oxygens (including phenoxy) is 1. The molecule has 0 radical (unpaired) electrons. The molecule has 1 aliphatic rings. The van der Waals surface area contributed by atoms with Crippen LogP contribution in [0.3, 0.4) is 0 Å². The fraction of sp³-hybridized carbons (Fsp3) is 0.278. The van der Waals surface area contributed by atoms with Gasteiger partial charge in [-0.25, -0.2) is 4.79 Å². The third-order valence-corrected chi connectivity index (χ3v) is 8.10. The van der Waals surface area contributed by atoms with Crippen LogP contribution in [0.1, 0.15) is 81.4 Å². The number of thiocarbonyl (C=S) groups is 1. The summed E-state index contributed by atoms with van der Waals surface area (Å²) in [7, 11) is 0. The van der Waals surface area contributed by atoms with E-state index in [1.165, 1.54) is 54.7 Å². The summed E-state index contributed by atoms with van der Waals surface area (Å²) >= 11 is 5.13. The van der Waals surface area contributed by atoms with Gasteiger partial charge in [0.15, 0.2) is 11.2 Å². The number of aliphatic hydroxyl groups is 1. The number of benzene rings is 2. The number of rotatable bonds is 13. The van der Waals surface area contributed by atoms with Crippen molar-refractivity contribution in [1.82, 2.24) is 0 Å². The second-order valence-electron chi connectivity index (χ2n) is 11.4. The van der Waals surface area contributed by atoms with Crippen molar-refractivity contribution in [3.05, 3.63) is 115 Å². The van der Waals surface area contributed by atoms with Gasteiger partial charge in [0.25, 0.3) is 0 Å². The molecule has 0 saturated carbocycles. The van der Waals surface area contributed by atoms with E-state index in [-0.39, 0.29) is 52.5 Å². The highest BCUT2D eigenvalue weighted by molar-refractivity contribution is 7.81. The van der Waals surface area contributed by atoms with E-state index in [1.807, 2.05) is 0 Å². The van der Waals surface area contributed by atoms with E-state index in [9.17, 15) is 56.0 Å². The van der Waals surface area contributed by atoms with Crippen molar-refractivity contribution in [3.63, 3.8) is 0 Å². The number of allylic oxidation sites excluding steroid dienone is 2. The largest absolute Gasteiger partial charge is 0.507 e. The van der Waals surface area contributed by atoms with Gasteiger partial charge in [-0.15, -0.1) is 0 Å². The van der Waals surface area contributed by atoms with Crippen molar-refractivity contribution in [3.8, 4) is 11.5 Å². The Morgan fingerprint density at radius 2 is 1.82 bits per heavy atom. The van der Waals surface area contributed by atoms with Crippen LogP contribution in [0.15, 0.2) is 69.9 Å². The first-order valence-corrected chi connectivity index (χ1v) is 15.7. The Labute approximate surface area is 291 Å². The minimum Gasteiger partial charge on any atom is -0.507 e. The third kappa shape index (κ3) is 9.61. The molecule has 0 amide bonds. The molecule has 270 valence electrons. The topological polar surface area (TPSA) is 134 Å². The van der Waals surface area contributed by atoms with Gasteiger partial charge in [-0.3, -0.25) is 9.59 Å². The second kappa shape index (κ2) is 15.9. The van der Waals surface area contributed by atoms with Crippen molar-refractivity contribution in [2.45, 2.75) is 57.0 Å². The molecule has 0 unspecified atom stereocenters. The zero-order chi connectivity index (χ0) is 37.7. The van der Waals surface area contributed by atoms with Crippen LogP contribution in [0.5, 0.6) is 11.5 Å². The van der Waals surface area contributed by atoms with E-state index in [1.54, 1.807) is 0 Å². The van der Waals surface area contributed by atoms with Gasteiger partial charge in [-0.05, 0) is 55.7 Å². The molecule has 0 bridgehead atoms. The molecule has 1 heterocycles. The second-order valence-corrected chi connectivity index (χ2v) is 12.0. The fourth-order valence-electron chi connectivity index (χ4n) is 5.36. The van der Waals surface area contributed by atoms with Crippen LogP contribution in [0, 0.1) is 0 Å². The maximum absolute atomic E-state index is 13.7. The van der Waals surface area contributed by atoms with E-state index in [2.05, 4.69) is 0 Å². The van der Waals surface area contributed by atoms with Crippen LogP contribution < -0.4 is 20.8 Å². The Morgan fingerprint density at radius 1 is 1.10 bits per heavy atom. The van der Waals surface area contributed by atoms with Gasteiger partial charge in [0.1, 0.15) is 16.9 Å². The average Bonchev–Trinajstić information content (AvgIpc) is 3.04. The Bertz CT molecular complexity index is 2080. The van der Waals surface area contributed by atoms with Crippen molar-refractivity contribution in [1.29, 1.82) is 0 Å². The zero-order valence-corrected chi connectivity index (χ0v) is 27.5. The van der Waals surface area contributed by atoms with E-state index in [0.717, 1.165) is 19.1 Å². The first kappa shape index (κ1) is 38.8. The first-order chi connectivity index (χ1) is 23.9. The number of carboxylic acid groups (broad SMARTS) is 1. The molecular formula is C36H30F6O8S. The number of ketones is 1. The lowest BCUT2D eigenvalue weighted by Crippen LogP contribution is -2.45. The molecule has 3 N–H and O–H groups in total. The van der Waals surface area contributed by atoms with E-state index in [4.69, 9.17) is 21.4 Å². The van der Waals surface area contributed by atoms with Crippen molar-refractivity contribution >= 4 is 41.0 Å². The van der Waals surface area contributed by atoms with Gasteiger partial charge in [0.2, 0.25) is 5.76 Å². The molecule has 0 spiro atoms. The predicted octanol–water partition coefficient (Wildman–Crippen LogP) is 6.49. The van der Waals surface area contributed by atoms with E-state index < -0.39 is 77.0 Å². The molecule has 3 aromatic rings. The van der Waals surface area contributed by atoms with E-state index >= 15 is 0 Å². The highest BCUT2D eigenvalue weighted by atomic mass is 32.1. The molecule has 0 fully saturated rings. The number of halogens is 6. The Kier molecular flexibility index (Phi) is 12.1. The molecule has 51 heavy (non-hydrogen) atoms. The van der Waals surface area contributed by atoms with Crippen LogP contribution in [0.4, 0.5) is 26.3 Å². The number of aromatic hydroxyl groups is 1. The van der Waals surface area contributed by atoms with Crippen LogP contribution in [0.25, 0.3) is 12.2 Å². The van der Waals surface area contributed by atoms with Gasteiger partial charge in [-0.2, -0.15) is 26.3 Å².